The van der Waals surface area contributed by atoms with E-state index in [1.54, 1.807) is 0 Å². The summed E-state index contributed by atoms with van der Waals surface area (Å²) < 4.78 is 0. The topological polar surface area (TPSA) is 26.0 Å². The van der Waals surface area contributed by atoms with Crippen LogP contribution >= 0.6 is 11.1 Å². The molecule has 3 heteroatoms. The molecule has 0 heterocycles. The number of anilines is 1. The number of para-hydroxylation sites is 1. The van der Waals surface area contributed by atoms with E-state index in [1.165, 1.54) is 0 Å². The van der Waals surface area contributed by atoms with Crippen LogP contribution in [0.1, 0.15) is 20.8 Å². The standard InChI is InChI=1S/C11H18ClNSi/c1-11(2,3)14(4,12)10-8-6-5-7-9(10)13/h5-8H,13H2,1-4H3. The maximum Gasteiger partial charge on any atom is 0.191 e. The molecule has 1 aromatic carbocycles. The van der Waals surface area contributed by atoms with Crippen LogP contribution < -0.4 is 10.9 Å². The molecular weight excluding hydrogens is 210 g/mol. The third-order valence-electron chi connectivity index (χ3n) is 2.88. The lowest BCUT2D eigenvalue weighted by Crippen LogP contribution is -2.48. The minimum atomic E-state index is -1.98. The third kappa shape index (κ3) is 1.96. The number of nitrogen functional groups attached to an aromatic ring is 1. The van der Waals surface area contributed by atoms with Gasteiger partial charge in [0.15, 0.2) is 7.38 Å². The molecule has 1 atom stereocenters. The highest BCUT2D eigenvalue weighted by Crippen LogP contribution is 2.39. The molecule has 1 aromatic rings. The van der Waals surface area contributed by atoms with E-state index in [-0.39, 0.29) is 5.04 Å². The highest BCUT2D eigenvalue weighted by molar-refractivity contribution is 7.28. The molecular formula is C11H18ClNSi. The Labute approximate surface area is 92.0 Å². The Bertz CT molecular complexity index is 328. The quantitative estimate of drug-likeness (QED) is 0.446. The Kier molecular flexibility index (Phi) is 2.98. The number of halogens is 1. The Hall–Kier alpha value is -0.473. The van der Waals surface area contributed by atoms with Crippen LogP contribution in [0.3, 0.4) is 0 Å². The molecule has 0 aliphatic carbocycles. The van der Waals surface area contributed by atoms with Crippen molar-refractivity contribution in [3.63, 3.8) is 0 Å². The molecule has 0 aliphatic rings. The molecule has 0 saturated carbocycles. The minimum Gasteiger partial charge on any atom is -0.399 e. The van der Waals surface area contributed by atoms with Crippen molar-refractivity contribution < 1.29 is 0 Å². The molecule has 14 heavy (non-hydrogen) atoms. The van der Waals surface area contributed by atoms with Gasteiger partial charge in [-0.3, -0.25) is 0 Å². The van der Waals surface area contributed by atoms with Crippen molar-refractivity contribution >= 4 is 29.3 Å². The van der Waals surface area contributed by atoms with E-state index < -0.39 is 7.38 Å². The Morgan fingerprint density at radius 1 is 1.21 bits per heavy atom. The largest absolute Gasteiger partial charge is 0.399 e. The van der Waals surface area contributed by atoms with Crippen LogP contribution in [0.2, 0.25) is 11.6 Å². The van der Waals surface area contributed by atoms with Crippen molar-refractivity contribution in [2.75, 3.05) is 5.73 Å². The first-order valence-corrected chi connectivity index (χ1v) is 8.32. The predicted octanol–water partition coefficient (Wildman–Crippen LogP) is 3.09. The number of hydrogen-bond acceptors (Lipinski definition) is 1. The zero-order valence-electron chi connectivity index (χ0n) is 9.26. The van der Waals surface area contributed by atoms with E-state index >= 15 is 0 Å². The maximum atomic E-state index is 6.70. The molecule has 0 aliphatic heterocycles. The molecule has 0 fully saturated rings. The van der Waals surface area contributed by atoms with Crippen molar-refractivity contribution in [3.8, 4) is 0 Å². The van der Waals surface area contributed by atoms with Crippen LogP contribution in [0, 0.1) is 0 Å². The van der Waals surface area contributed by atoms with Crippen molar-refractivity contribution in [1.29, 1.82) is 0 Å². The van der Waals surface area contributed by atoms with Gasteiger partial charge in [0.05, 0.1) is 0 Å². The Morgan fingerprint density at radius 2 is 1.71 bits per heavy atom. The molecule has 1 unspecified atom stereocenters. The number of rotatable bonds is 1. The average molecular weight is 228 g/mol. The molecule has 0 bridgehead atoms. The fourth-order valence-electron chi connectivity index (χ4n) is 1.33. The van der Waals surface area contributed by atoms with Gasteiger partial charge in [0.2, 0.25) is 0 Å². The number of nitrogens with two attached hydrogens (primary N) is 1. The monoisotopic (exact) mass is 227 g/mol. The van der Waals surface area contributed by atoms with Gasteiger partial charge in [-0.05, 0) is 16.3 Å². The summed E-state index contributed by atoms with van der Waals surface area (Å²) in [5, 5.41) is 1.26. The Balaban J connectivity index is 3.23. The van der Waals surface area contributed by atoms with Gasteiger partial charge >= 0.3 is 0 Å². The fraction of sp³-hybridized carbons (Fsp3) is 0.455. The first-order chi connectivity index (χ1) is 6.27. The summed E-state index contributed by atoms with van der Waals surface area (Å²) >= 11 is 6.70. The summed E-state index contributed by atoms with van der Waals surface area (Å²) in [6.45, 7) is 8.69. The molecule has 0 aromatic heterocycles. The van der Waals surface area contributed by atoms with Crippen LogP contribution in [0.25, 0.3) is 0 Å². The average Bonchev–Trinajstić information content (AvgIpc) is 2.02. The van der Waals surface area contributed by atoms with Gasteiger partial charge in [-0.15, -0.1) is 0 Å². The summed E-state index contributed by atoms with van der Waals surface area (Å²) in [5.41, 5.74) is 6.78. The molecule has 0 saturated heterocycles. The molecule has 0 spiro atoms. The van der Waals surface area contributed by atoms with Gasteiger partial charge in [0.25, 0.3) is 0 Å². The van der Waals surface area contributed by atoms with Crippen LogP contribution in [-0.2, 0) is 0 Å². The van der Waals surface area contributed by atoms with Gasteiger partial charge in [-0.2, -0.15) is 11.1 Å². The number of hydrogen-bond donors (Lipinski definition) is 1. The van der Waals surface area contributed by atoms with Crippen molar-refractivity contribution in [2.24, 2.45) is 0 Å². The van der Waals surface area contributed by atoms with Gasteiger partial charge in [-0.25, -0.2) is 0 Å². The van der Waals surface area contributed by atoms with Gasteiger partial charge < -0.3 is 5.73 Å². The van der Waals surface area contributed by atoms with E-state index in [4.69, 9.17) is 16.8 Å². The van der Waals surface area contributed by atoms with Crippen LogP contribution in [0.15, 0.2) is 24.3 Å². The first kappa shape index (κ1) is 11.6. The highest BCUT2D eigenvalue weighted by atomic mass is 35.6. The van der Waals surface area contributed by atoms with Crippen molar-refractivity contribution in [2.45, 2.75) is 32.4 Å². The smallest absolute Gasteiger partial charge is 0.191 e. The van der Waals surface area contributed by atoms with E-state index in [0.29, 0.717) is 0 Å². The normalized spacial score (nSPS) is 16.4. The second-order valence-electron chi connectivity index (χ2n) is 4.84. The summed E-state index contributed by atoms with van der Waals surface area (Å²) in [6.07, 6.45) is 0. The molecule has 1 rings (SSSR count). The Morgan fingerprint density at radius 3 is 2.14 bits per heavy atom. The summed E-state index contributed by atoms with van der Waals surface area (Å²) in [4.78, 5) is 0. The summed E-state index contributed by atoms with van der Waals surface area (Å²) in [6, 6.07) is 7.93. The lowest BCUT2D eigenvalue weighted by Gasteiger charge is -2.35. The molecule has 78 valence electrons. The molecule has 0 amide bonds. The summed E-state index contributed by atoms with van der Waals surface area (Å²) in [7, 11) is -1.98. The predicted molar refractivity (Wildman–Crippen MR) is 67.7 cm³/mol. The van der Waals surface area contributed by atoms with Gasteiger partial charge in [-0.1, -0.05) is 45.5 Å². The van der Waals surface area contributed by atoms with Gasteiger partial charge in [0.1, 0.15) is 0 Å². The van der Waals surface area contributed by atoms with E-state index in [2.05, 4.69) is 33.4 Å². The van der Waals surface area contributed by atoms with Gasteiger partial charge in [0, 0.05) is 5.69 Å². The van der Waals surface area contributed by atoms with Crippen molar-refractivity contribution in [3.05, 3.63) is 24.3 Å². The zero-order valence-corrected chi connectivity index (χ0v) is 11.0. The van der Waals surface area contributed by atoms with Crippen LogP contribution in [-0.4, -0.2) is 7.38 Å². The second kappa shape index (κ2) is 3.59. The lowest BCUT2D eigenvalue weighted by molar-refractivity contribution is 0.740. The summed E-state index contributed by atoms with van der Waals surface area (Å²) in [5.74, 6) is 0. The molecule has 2 N–H and O–H groups in total. The van der Waals surface area contributed by atoms with Crippen LogP contribution in [0.4, 0.5) is 5.69 Å². The number of benzene rings is 1. The second-order valence-corrected chi connectivity index (χ2v) is 11.2. The zero-order chi connectivity index (χ0) is 11.0. The fourth-order valence-corrected chi connectivity index (χ4v) is 3.69. The maximum absolute atomic E-state index is 6.70. The first-order valence-electron chi connectivity index (χ1n) is 4.81. The SMILES string of the molecule is CC(C)(C)[Si](C)(Cl)c1ccccc1N. The minimum absolute atomic E-state index is 0.115. The highest BCUT2D eigenvalue weighted by Gasteiger charge is 2.41. The van der Waals surface area contributed by atoms with Crippen LogP contribution in [0.5, 0.6) is 0 Å². The molecule has 0 radical (unpaired) electrons. The lowest BCUT2D eigenvalue weighted by atomic mass is 10.2. The van der Waals surface area contributed by atoms with E-state index in [1.807, 2.05) is 18.2 Å². The van der Waals surface area contributed by atoms with E-state index in [0.717, 1.165) is 10.9 Å². The molecule has 1 nitrogen and oxygen atoms in total. The van der Waals surface area contributed by atoms with E-state index in [9.17, 15) is 0 Å². The van der Waals surface area contributed by atoms with Crippen molar-refractivity contribution in [1.82, 2.24) is 0 Å². The third-order valence-corrected chi connectivity index (χ3v) is 9.47.